The Kier molecular flexibility index (Phi) is 7.69. The van der Waals surface area contributed by atoms with Gasteiger partial charge in [0.25, 0.3) is 0 Å². The second kappa shape index (κ2) is 9.54. The van der Waals surface area contributed by atoms with Crippen molar-refractivity contribution in [3.63, 3.8) is 0 Å². The highest BCUT2D eigenvalue weighted by atomic mass is 16.6. The molecule has 2 fully saturated rings. The fourth-order valence-electron chi connectivity index (χ4n) is 4.29. The van der Waals surface area contributed by atoms with Crippen LogP contribution in [-0.4, -0.2) is 34.6 Å². The van der Waals surface area contributed by atoms with Crippen molar-refractivity contribution in [1.82, 2.24) is 0 Å². The van der Waals surface area contributed by atoms with Crippen LogP contribution in [0, 0.1) is 23.2 Å². The number of aliphatic hydroxyl groups is 1. The molecule has 0 spiro atoms. The molecule has 0 aliphatic heterocycles. The molecule has 5 nitrogen and oxygen atoms in total. The molecule has 2 aliphatic carbocycles. The van der Waals surface area contributed by atoms with E-state index in [0.29, 0.717) is 17.8 Å². The summed E-state index contributed by atoms with van der Waals surface area (Å²) in [6.07, 6.45) is 11.5. The van der Waals surface area contributed by atoms with E-state index in [9.17, 15) is 9.90 Å². The van der Waals surface area contributed by atoms with Crippen LogP contribution < -0.4 is 0 Å². The molecule has 2 saturated carbocycles. The molecule has 2 N–H and O–H groups in total. The van der Waals surface area contributed by atoms with Gasteiger partial charge in [-0.3, -0.25) is 4.79 Å². The number of carboxylic acid groups (broad SMARTS) is 1. The predicted molar refractivity (Wildman–Crippen MR) is 103 cm³/mol. The average molecular weight is 366 g/mol. The third-order valence-electron chi connectivity index (χ3n) is 6.11. The molecule has 1 unspecified atom stereocenters. The summed E-state index contributed by atoms with van der Waals surface area (Å²) in [5.41, 5.74) is 0.984. The number of fused-ring (bicyclic) bond motifs is 1. The van der Waals surface area contributed by atoms with E-state index in [0.717, 1.165) is 37.8 Å². The Balaban J connectivity index is 1.85. The molecule has 0 heterocycles. The highest BCUT2D eigenvalue weighted by Crippen LogP contribution is 2.47. The summed E-state index contributed by atoms with van der Waals surface area (Å²) < 4.78 is 0. The number of hydrogen-bond acceptors (Lipinski definition) is 4. The van der Waals surface area contributed by atoms with E-state index in [1.54, 1.807) is 0 Å². The summed E-state index contributed by atoms with van der Waals surface area (Å²) in [5, 5.41) is 23.3. The first-order valence-corrected chi connectivity index (χ1v) is 10.1. The number of aliphatic hydroxyl groups excluding tert-OH is 1. The van der Waals surface area contributed by atoms with Crippen molar-refractivity contribution in [2.45, 2.75) is 78.2 Å². The molecule has 148 valence electrons. The predicted octanol–water partition coefficient (Wildman–Crippen LogP) is 4.40. The van der Waals surface area contributed by atoms with Crippen molar-refractivity contribution in [2.24, 2.45) is 28.3 Å². The minimum absolute atomic E-state index is 0.0132. The lowest BCUT2D eigenvalue weighted by Crippen LogP contribution is -2.27. The molecule has 0 amide bonds. The third kappa shape index (κ3) is 5.83. The van der Waals surface area contributed by atoms with Crippen molar-refractivity contribution in [3.8, 4) is 0 Å². The zero-order chi connectivity index (χ0) is 19.2. The molecule has 0 aromatic carbocycles. The van der Waals surface area contributed by atoms with Crippen LogP contribution in [-0.2, 0) is 9.63 Å². The normalized spacial score (nSPS) is 28.6. The Morgan fingerprint density at radius 1 is 1.38 bits per heavy atom. The maximum absolute atomic E-state index is 10.6. The average Bonchev–Trinajstić information content (AvgIpc) is 3.15. The Hall–Kier alpha value is -1.36. The largest absolute Gasteiger partial charge is 0.481 e. The molecule has 2 aliphatic rings. The van der Waals surface area contributed by atoms with E-state index in [2.05, 4.69) is 32.0 Å². The topological polar surface area (TPSA) is 79.1 Å². The maximum Gasteiger partial charge on any atom is 0.306 e. The summed E-state index contributed by atoms with van der Waals surface area (Å²) in [6, 6.07) is 0. The van der Waals surface area contributed by atoms with Crippen molar-refractivity contribution >= 4 is 11.7 Å². The van der Waals surface area contributed by atoms with Crippen LogP contribution in [0.1, 0.15) is 72.1 Å². The van der Waals surface area contributed by atoms with Gasteiger partial charge in [0.2, 0.25) is 0 Å². The van der Waals surface area contributed by atoms with Crippen LogP contribution >= 0.6 is 0 Å². The smallest absolute Gasteiger partial charge is 0.306 e. The molecule has 0 saturated heterocycles. The van der Waals surface area contributed by atoms with Gasteiger partial charge >= 0.3 is 5.97 Å². The number of allylic oxidation sites excluding steroid dienone is 1. The van der Waals surface area contributed by atoms with Crippen molar-refractivity contribution in [3.05, 3.63) is 12.2 Å². The molecule has 4 atom stereocenters. The van der Waals surface area contributed by atoms with Gasteiger partial charge in [0.15, 0.2) is 0 Å². The molecule has 26 heavy (non-hydrogen) atoms. The first kappa shape index (κ1) is 20.9. The van der Waals surface area contributed by atoms with E-state index in [-0.39, 0.29) is 18.4 Å². The molecular formula is C21H35NO4. The Morgan fingerprint density at radius 2 is 2.15 bits per heavy atom. The molecule has 0 bridgehead atoms. The number of nitrogens with zero attached hydrogens (tertiary/aromatic N) is 1. The number of unbranched alkanes of at least 4 members (excludes halogenated alkanes) is 1. The Bertz CT molecular complexity index is 526. The second-order valence-corrected chi connectivity index (χ2v) is 8.63. The number of oxime groups is 1. The van der Waals surface area contributed by atoms with Crippen molar-refractivity contribution < 1.29 is 19.8 Å². The van der Waals surface area contributed by atoms with Gasteiger partial charge in [-0.15, -0.1) is 0 Å². The SMILES string of the molecule is CCCCC(C)(C)C(O)C=C[C@@H]1CC[C@@H]2CC(=NOCCC(=O)O)C[C@H]21. The van der Waals surface area contributed by atoms with Crippen LogP contribution in [0.3, 0.4) is 0 Å². The van der Waals surface area contributed by atoms with E-state index in [1.807, 2.05) is 6.08 Å². The fourth-order valence-corrected chi connectivity index (χ4v) is 4.29. The molecule has 0 radical (unpaired) electrons. The number of carboxylic acids is 1. The highest BCUT2D eigenvalue weighted by molar-refractivity contribution is 5.86. The summed E-state index contributed by atoms with van der Waals surface area (Å²) in [6.45, 7) is 6.60. The molecular weight excluding hydrogens is 330 g/mol. The first-order chi connectivity index (χ1) is 12.3. The lowest BCUT2D eigenvalue weighted by atomic mass is 9.80. The quantitative estimate of drug-likeness (QED) is 0.341. The number of carbonyl (C=O) groups is 1. The number of aliphatic carboxylic acids is 1. The van der Waals surface area contributed by atoms with Crippen LogP contribution in [0.25, 0.3) is 0 Å². The van der Waals surface area contributed by atoms with Gasteiger partial charge in [-0.2, -0.15) is 0 Å². The lowest BCUT2D eigenvalue weighted by molar-refractivity contribution is -0.138. The van der Waals surface area contributed by atoms with Crippen LogP contribution in [0.2, 0.25) is 0 Å². The summed E-state index contributed by atoms with van der Waals surface area (Å²) >= 11 is 0. The van der Waals surface area contributed by atoms with Gasteiger partial charge in [-0.1, -0.05) is 50.9 Å². The Morgan fingerprint density at radius 3 is 2.85 bits per heavy atom. The highest BCUT2D eigenvalue weighted by Gasteiger charge is 2.41. The molecule has 0 aromatic rings. The van der Waals surface area contributed by atoms with E-state index < -0.39 is 12.1 Å². The lowest BCUT2D eigenvalue weighted by Gasteiger charge is -2.29. The van der Waals surface area contributed by atoms with Gasteiger partial charge in [-0.05, 0) is 55.3 Å². The van der Waals surface area contributed by atoms with E-state index in [1.165, 1.54) is 12.8 Å². The fraction of sp³-hybridized carbons (Fsp3) is 0.810. The summed E-state index contributed by atoms with van der Waals surface area (Å²) in [7, 11) is 0. The van der Waals surface area contributed by atoms with Crippen molar-refractivity contribution in [2.75, 3.05) is 6.61 Å². The van der Waals surface area contributed by atoms with Gasteiger partial charge in [0.1, 0.15) is 6.61 Å². The summed E-state index contributed by atoms with van der Waals surface area (Å²) in [5.74, 6) is 0.873. The van der Waals surface area contributed by atoms with Crippen LogP contribution in [0.4, 0.5) is 0 Å². The van der Waals surface area contributed by atoms with Gasteiger partial charge < -0.3 is 15.1 Å². The first-order valence-electron chi connectivity index (χ1n) is 10.1. The zero-order valence-electron chi connectivity index (χ0n) is 16.5. The number of rotatable bonds is 10. The van der Waals surface area contributed by atoms with Gasteiger partial charge in [0.05, 0.1) is 18.2 Å². The summed E-state index contributed by atoms with van der Waals surface area (Å²) in [4.78, 5) is 15.7. The Labute approximate surface area is 157 Å². The van der Waals surface area contributed by atoms with Gasteiger partial charge in [-0.25, -0.2) is 0 Å². The maximum atomic E-state index is 10.6. The third-order valence-corrected chi connectivity index (χ3v) is 6.11. The second-order valence-electron chi connectivity index (χ2n) is 8.63. The molecule has 2 rings (SSSR count). The number of hydrogen-bond donors (Lipinski definition) is 2. The zero-order valence-corrected chi connectivity index (χ0v) is 16.5. The molecule has 5 heteroatoms. The monoisotopic (exact) mass is 365 g/mol. The minimum Gasteiger partial charge on any atom is -0.481 e. The molecule has 0 aromatic heterocycles. The van der Waals surface area contributed by atoms with E-state index >= 15 is 0 Å². The van der Waals surface area contributed by atoms with Crippen LogP contribution in [0.15, 0.2) is 17.3 Å². The van der Waals surface area contributed by atoms with E-state index in [4.69, 9.17) is 9.94 Å². The van der Waals surface area contributed by atoms with Crippen molar-refractivity contribution in [1.29, 1.82) is 0 Å². The minimum atomic E-state index is -0.862. The van der Waals surface area contributed by atoms with Gasteiger partial charge in [0, 0.05) is 0 Å². The van der Waals surface area contributed by atoms with Crippen LogP contribution in [0.5, 0.6) is 0 Å². The standard InChI is InChI=1S/C21H35NO4/c1-4-5-11-21(2,3)19(23)9-8-15-6-7-16-13-17(14-18(15)16)22-26-12-10-20(24)25/h8-9,15-16,18-19,23H,4-7,10-14H2,1-3H3,(H,24,25)/t15-,16+,18-,19?/m0/s1.